The number of carbonyl (C=O) groups excluding carboxylic acids is 1. The van der Waals surface area contributed by atoms with Gasteiger partial charge in [0.1, 0.15) is 5.69 Å². The molecule has 0 bridgehead atoms. The topological polar surface area (TPSA) is 33.2 Å². The molecule has 3 nitrogen and oxygen atoms in total. The zero-order chi connectivity index (χ0) is 14.5. The Morgan fingerprint density at radius 3 is 2.45 bits per heavy atom. The predicted octanol–water partition coefficient (Wildman–Crippen LogP) is 3.89. The second kappa shape index (κ2) is 6.66. The van der Waals surface area contributed by atoms with Crippen LogP contribution in [0.15, 0.2) is 53.1 Å². The van der Waals surface area contributed by atoms with E-state index in [0.29, 0.717) is 12.2 Å². The first-order chi connectivity index (χ1) is 9.58. The van der Waals surface area contributed by atoms with Crippen LogP contribution < -0.4 is 0 Å². The lowest BCUT2D eigenvalue weighted by Gasteiger charge is -2.26. The summed E-state index contributed by atoms with van der Waals surface area (Å²) >= 11 is 3.33. The Morgan fingerprint density at radius 1 is 1.20 bits per heavy atom. The van der Waals surface area contributed by atoms with Crippen LogP contribution in [0, 0.1) is 0 Å². The summed E-state index contributed by atoms with van der Waals surface area (Å²) < 4.78 is 0.869. The van der Waals surface area contributed by atoms with Crippen molar-refractivity contribution in [1.29, 1.82) is 0 Å². The molecule has 0 aliphatic heterocycles. The Bertz CT molecular complexity index is 567. The van der Waals surface area contributed by atoms with E-state index < -0.39 is 0 Å². The summed E-state index contributed by atoms with van der Waals surface area (Å²) in [5.41, 5.74) is 1.59. The molecule has 0 N–H and O–H groups in total. The van der Waals surface area contributed by atoms with Crippen LogP contribution in [0.3, 0.4) is 0 Å². The molecule has 0 fully saturated rings. The highest BCUT2D eigenvalue weighted by atomic mass is 79.9. The molecule has 1 aromatic heterocycles. The van der Waals surface area contributed by atoms with Crippen LogP contribution in [0.5, 0.6) is 0 Å². The van der Waals surface area contributed by atoms with Crippen molar-refractivity contribution >= 4 is 21.8 Å². The summed E-state index contributed by atoms with van der Waals surface area (Å²) in [5, 5.41) is 0. The average Bonchev–Trinajstić information content (AvgIpc) is 2.45. The van der Waals surface area contributed by atoms with Crippen LogP contribution >= 0.6 is 15.9 Å². The number of hydrogen-bond acceptors (Lipinski definition) is 2. The second-order valence-electron chi connectivity index (χ2n) is 4.87. The fraction of sp³-hybridized carbons (Fsp3) is 0.250. The number of amides is 1. The molecule has 2 aromatic rings. The molecule has 2 rings (SSSR count). The summed E-state index contributed by atoms with van der Waals surface area (Å²) in [6.07, 6.45) is 1.65. The van der Waals surface area contributed by atoms with Crippen LogP contribution in [-0.4, -0.2) is 21.8 Å². The van der Waals surface area contributed by atoms with Gasteiger partial charge in [0, 0.05) is 23.3 Å². The van der Waals surface area contributed by atoms with Gasteiger partial charge in [0.25, 0.3) is 5.91 Å². The molecule has 0 saturated heterocycles. The molecule has 4 heteroatoms. The molecule has 1 amide bonds. The van der Waals surface area contributed by atoms with Crippen molar-refractivity contribution in [3.05, 3.63) is 64.4 Å². The maximum atomic E-state index is 12.6. The van der Waals surface area contributed by atoms with Gasteiger partial charge in [0.05, 0.1) is 0 Å². The van der Waals surface area contributed by atoms with E-state index in [1.54, 1.807) is 12.3 Å². The van der Waals surface area contributed by atoms with Gasteiger partial charge in [-0.1, -0.05) is 30.3 Å². The fourth-order valence-corrected chi connectivity index (χ4v) is 2.15. The second-order valence-corrected chi connectivity index (χ2v) is 5.79. The van der Waals surface area contributed by atoms with Crippen LogP contribution in [0.25, 0.3) is 0 Å². The van der Waals surface area contributed by atoms with Crippen LogP contribution in [0.2, 0.25) is 0 Å². The number of benzene rings is 1. The normalized spacial score (nSPS) is 10.6. The number of aromatic nitrogens is 1. The first kappa shape index (κ1) is 14.7. The number of nitrogens with zero attached hydrogens (tertiary/aromatic N) is 2. The van der Waals surface area contributed by atoms with Crippen molar-refractivity contribution in [2.75, 3.05) is 0 Å². The lowest BCUT2D eigenvalue weighted by Crippen LogP contribution is -2.36. The summed E-state index contributed by atoms with van der Waals surface area (Å²) in [6.45, 7) is 4.62. The molecule has 1 heterocycles. The van der Waals surface area contributed by atoms with E-state index in [2.05, 4.69) is 20.9 Å². The number of carbonyl (C=O) groups is 1. The zero-order valence-electron chi connectivity index (χ0n) is 11.6. The SMILES string of the molecule is CC(C)N(Cc1ccccc1)C(=O)c1ccc(Br)cn1. The molecule has 0 atom stereocenters. The Kier molecular flexibility index (Phi) is 4.90. The average molecular weight is 333 g/mol. The molecule has 1 aromatic carbocycles. The molecular formula is C16H17BrN2O. The molecule has 20 heavy (non-hydrogen) atoms. The van der Waals surface area contributed by atoms with E-state index in [-0.39, 0.29) is 11.9 Å². The van der Waals surface area contributed by atoms with Crippen LogP contribution in [0.1, 0.15) is 29.9 Å². The zero-order valence-corrected chi connectivity index (χ0v) is 13.2. The maximum absolute atomic E-state index is 12.6. The van der Waals surface area contributed by atoms with Crippen molar-refractivity contribution in [3.8, 4) is 0 Å². The van der Waals surface area contributed by atoms with Gasteiger partial charge in [0.2, 0.25) is 0 Å². The number of hydrogen-bond donors (Lipinski definition) is 0. The number of halogens is 1. The Morgan fingerprint density at radius 2 is 1.90 bits per heavy atom. The molecule has 0 unspecified atom stereocenters. The first-order valence-corrected chi connectivity index (χ1v) is 7.33. The molecule has 104 valence electrons. The lowest BCUT2D eigenvalue weighted by atomic mass is 10.1. The third kappa shape index (κ3) is 3.67. The Balaban J connectivity index is 2.20. The standard InChI is InChI=1S/C16H17BrN2O/c1-12(2)19(11-13-6-4-3-5-7-13)16(20)15-9-8-14(17)10-18-15/h3-10,12H,11H2,1-2H3. The molecule has 0 saturated carbocycles. The third-order valence-corrected chi connectivity index (χ3v) is 3.50. The van der Waals surface area contributed by atoms with Gasteiger partial charge in [-0.05, 0) is 47.5 Å². The van der Waals surface area contributed by atoms with Gasteiger partial charge in [-0.3, -0.25) is 4.79 Å². The highest BCUT2D eigenvalue weighted by Gasteiger charge is 2.19. The van der Waals surface area contributed by atoms with Gasteiger partial charge in [-0.25, -0.2) is 4.98 Å². The summed E-state index contributed by atoms with van der Waals surface area (Å²) in [7, 11) is 0. The van der Waals surface area contributed by atoms with E-state index in [9.17, 15) is 4.79 Å². The lowest BCUT2D eigenvalue weighted by molar-refractivity contribution is 0.0684. The van der Waals surface area contributed by atoms with Crippen molar-refractivity contribution in [3.63, 3.8) is 0 Å². The van der Waals surface area contributed by atoms with Crippen molar-refractivity contribution in [2.45, 2.75) is 26.4 Å². The van der Waals surface area contributed by atoms with Gasteiger partial charge in [-0.15, -0.1) is 0 Å². The van der Waals surface area contributed by atoms with Gasteiger partial charge in [-0.2, -0.15) is 0 Å². The minimum Gasteiger partial charge on any atom is -0.331 e. The van der Waals surface area contributed by atoms with Gasteiger partial charge >= 0.3 is 0 Å². The minimum absolute atomic E-state index is 0.0450. The van der Waals surface area contributed by atoms with E-state index in [1.165, 1.54) is 0 Å². The van der Waals surface area contributed by atoms with Crippen LogP contribution in [0.4, 0.5) is 0 Å². The molecule has 0 aliphatic rings. The Labute approximate surface area is 127 Å². The monoisotopic (exact) mass is 332 g/mol. The van der Waals surface area contributed by atoms with E-state index in [0.717, 1.165) is 10.0 Å². The first-order valence-electron chi connectivity index (χ1n) is 6.54. The van der Waals surface area contributed by atoms with Gasteiger partial charge in [0.15, 0.2) is 0 Å². The molecule has 0 spiro atoms. The quantitative estimate of drug-likeness (QED) is 0.850. The Hall–Kier alpha value is -1.68. The summed E-state index contributed by atoms with van der Waals surface area (Å²) in [6, 6.07) is 13.7. The van der Waals surface area contributed by atoms with Crippen molar-refractivity contribution in [2.24, 2.45) is 0 Å². The number of pyridine rings is 1. The van der Waals surface area contributed by atoms with Gasteiger partial charge < -0.3 is 4.90 Å². The smallest absolute Gasteiger partial charge is 0.272 e. The highest BCUT2D eigenvalue weighted by Crippen LogP contribution is 2.14. The molecule has 0 aliphatic carbocycles. The predicted molar refractivity (Wildman–Crippen MR) is 83.4 cm³/mol. The highest BCUT2D eigenvalue weighted by molar-refractivity contribution is 9.10. The fourth-order valence-electron chi connectivity index (χ4n) is 1.92. The summed E-state index contributed by atoms with van der Waals surface area (Å²) in [5.74, 6) is -0.0450. The van der Waals surface area contributed by atoms with E-state index >= 15 is 0 Å². The number of rotatable bonds is 4. The third-order valence-electron chi connectivity index (χ3n) is 3.03. The molecular weight excluding hydrogens is 316 g/mol. The summed E-state index contributed by atoms with van der Waals surface area (Å²) in [4.78, 5) is 18.6. The largest absolute Gasteiger partial charge is 0.331 e. The minimum atomic E-state index is -0.0450. The van der Waals surface area contributed by atoms with E-state index in [4.69, 9.17) is 0 Å². The molecule has 0 radical (unpaired) electrons. The van der Waals surface area contributed by atoms with Crippen molar-refractivity contribution in [1.82, 2.24) is 9.88 Å². The maximum Gasteiger partial charge on any atom is 0.272 e. The van der Waals surface area contributed by atoms with E-state index in [1.807, 2.05) is 55.1 Å². The van der Waals surface area contributed by atoms with Crippen molar-refractivity contribution < 1.29 is 4.79 Å². The van der Waals surface area contributed by atoms with Crippen LogP contribution in [-0.2, 0) is 6.54 Å².